The second kappa shape index (κ2) is 12.6. The van der Waals surface area contributed by atoms with Gasteiger partial charge >= 0.3 is 8.60 Å². The summed E-state index contributed by atoms with van der Waals surface area (Å²) < 4.78 is 10.3. The van der Waals surface area contributed by atoms with Crippen LogP contribution in [0.2, 0.25) is 0 Å². The first kappa shape index (κ1) is 19.2. The molecule has 0 aromatic heterocycles. The summed E-state index contributed by atoms with van der Waals surface area (Å²) in [6, 6.07) is 7.89. The predicted molar refractivity (Wildman–Crippen MR) is 94.1 cm³/mol. The van der Waals surface area contributed by atoms with Crippen LogP contribution in [-0.2, 0) is 10.9 Å². The Kier molecular flexibility index (Phi) is 11.0. The number of benzene rings is 1. The fourth-order valence-corrected chi connectivity index (χ4v) is 2.82. The van der Waals surface area contributed by atoms with Crippen molar-refractivity contribution in [2.75, 3.05) is 6.61 Å². The second-order valence-electron chi connectivity index (χ2n) is 5.43. The fraction of sp³-hybridized carbons (Fsp3) is 0.556. The van der Waals surface area contributed by atoms with Gasteiger partial charge in [0, 0.05) is 0 Å². The van der Waals surface area contributed by atoms with Gasteiger partial charge in [0.2, 0.25) is 0 Å². The van der Waals surface area contributed by atoms with Gasteiger partial charge in [-0.15, -0.1) is 6.58 Å². The van der Waals surface area contributed by atoms with Gasteiger partial charge in [0.25, 0.3) is 0 Å². The Balaban J connectivity index is 2.17. The number of unbranched alkanes of at least 4 members (excludes halogenated alkanes) is 6. The maximum Gasteiger partial charge on any atom is 0.394 e. The zero-order chi connectivity index (χ0) is 16.0. The number of hydrogen-bond donors (Lipinski definition) is 1. The Hall–Kier alpha value is -0.890. The van der Waals surface area contributed by atoms with Crippen LogP contribution in [0, 0.1) is 0 Å². The standard InChI is InChI=1S/C18H29O3P/c1-3-5-6-7-8-9-10-11-17-12-14-18(15-13-17)21-22(19)20-16-4-2/h4,12-15,19H,2-3,5-11,16H2,1H3. The summed E-state index contributed by atoms with van der Waals surface area (Å²) >= 11 is 0. The van der Waals surface area contributed by atoms with E-state index in [9.17, 15) is 4.89 Å². The van der Waals surface area contributed by atoms with Crippen LogP contribution in [0.1, 0.15) is 57.4 Å². The summed E-state index contributed by atoms with van der Waals surface area (Å²) in [6.07, 6.45) is 12.0. The largest absolute Gasteiger partial charge is 0.427 e. The van der Waals surface area contributed by atoms with Crippen LogP contribution in [0.25, 0.3) is 0 Å². The van der Waals surface area contributed by atoms with E-state index in [0.29, 0.717) is 12.4 Å². The third kappa shape index (κ3) is 9.19. The zero-order valence-electron chi connectivity index (χ0n) is 13.7. The third-order valence-corrected chi connectivity index (χ3v) is 4.22. The molecule has 0 amide bonds. The highest BCUT2D eigenvalue weighted by molar-refractivity contribution is 7.41. The first-order chi connectivity index (χ1) is 10.8. The van der Waals surface area contributed by atoms with E-state index >= 15 is 0 Å². The lowest BCUT2D eigenvalue weighted by molar-refractivity contribution is 0.288. The minimum atomic E-state index is -1.86. The Morgan fingerprint density at radius 2 is 1.68 bits per heavy atom. The first-order valence-corrected chi connectivity index (χ1v) is 9.39. The molecule has 1 aromatic carbocycles. The Bertz CT molecular complexity index is 392. The summed E-state index contributed by atoms with van der Waals surface area (Å²) in [4.78, 5) is 9.54. The number of rotatable bonds is 13. The summed E-state index contributed by atoms with van der Waals surface area (Å²) in [7, 11) is -1.86. The maximum absolute atomic E-state index is 9.54. The molecular formula is C18H29O3P. The van der Waals surface area contributed by atoms with Crippen LogP contribution in [0.4, 0.5) is 0 Å². The molecule has 4 heteroatoms. The molecule has 0 radical (unpaired) electrons. The molecule has 1 atom stereocenters. The summed E-state index contributed by atoms with van der Waals surface area (Å²) in [5.41, 5.74) is 1.31. The Labute approximate surface area is 136 Å². The Morgan fingerprint density at radius 1 is 1.05 bits per heavy atom. The van der Waals surface area contributed by atoms with Crippen molar-refractivity contribution < 1.29 is 13.9 Å². The summed E-state index contributed by atoms with van der Waals surface area (Å²) in [5.74, 6) is 0.640. The molecule has 0 saturated heterocycles. The van der Waals surface area contributed by atoms with Crippen LogP contribution in [0.5, 0.6) is 5.75 Å². The van der Waals surface area contributed by atoms with Gasteiger partial charge in [0.15, 0.2) is 0 Å². The van der Waals surface area contributed by atoms with Gasteiger partial charge in [-0.05, 0) is 30.5 Å². The molecule has 0 aliphatic carbocycles. The number of aryl methyl sites for hydroxylation is 1. The van der Waals surface area contributed by atoms with Crippen molar-refractivity contribution in [3.63, 3.8) is 0 Å². The van der Waals surface area contributed by atoms with Crippen molar-refractivity contribution in [1.29, 1.82) is 0 Å². The molecular weight excluding hydrogens is 295 g/mol. The molecule has 0 bridgehead atoms. The maximum atomic E-state index is 9.54. The minimum absolute atomic E-state index is 0.290. The van der Waals surface area contributed by atoms with Gasteiger partial charge in [0.05, 0.1) is 6.61 Å². The lowest BCUT2D eigenvalue weighted by Crippen LogP contribution is -1.93. The van der Waals surface area contributed by atoms with Crippen molar-refractivity contribution in [2.45, 2.75) is 58.3 Å². The zero-order valence-corrected chi connectivity index (χ0v) is 14.6. The smallest absolute Gasteiger partial charge is 0.394 e. The van der Waals surface area contributed by atoms with Crippen molar-refractivity contribution in [3.8, 4) is 5.75 Å². The van der Waals surface area contributed by atoms with E-state index in [1.54, 1.807) is 6.08 Å². The molecule has 0 saturated carbocycles. The van der Waals surface area contributed by atoms with Crippen LogP contribution in [0.3, 0.4) is 0 Å². The minimum Gasteiger partial charge on any atom is -0.427 e. The molecule has 1 unspecified atom stereocenters. The van der Waals surface area contributed by atoms with Crippen LogP contribution in [0.15, 0.2) is 36.9 Å². The van der Waals surface area contributed by atoms with E-state index < -0.39 is 8.60 Å². The van der Waals surface area contributed by atoms with Crippen LogP contribution in [-0.4, -0.2) is 11.5 Å². The van der Waals surface area contributed by atoms with E-state index in [-0.39, 0.29) is 0 Å². The highest BCUT2D eigenvalue weighted by Crippen LogP contribution is 2.34. The van der Waals surface area contributed by atoms with E-state index in [0.717, 1.165) is 6.42 Å². The molecule has 22 heavy (non-hydrogen) atoms. The average Bonchev–Trinajstić information content (AvgIpc) is 2.53. The van der Waals surface area contributed by atoms with Crippen molar-refractivity contribution >= 4 is 8.60 Å². The molecule has 0 fully saturated rings. The van der Waals surface area contributed by atoms with E-state index in [1.807, 2.05) is 12.1 Å². The normalized spacial score (nSPS) is 12.1. The van der Waals surface area contributed by atoms with Crippen molar-refractivity contribution in [3.05, 3.63) is 42.5 Å². The molecule has 3 nitrogen and oxygen atoms in total. The predicted octanol–water partition coefficient (Wildman–Crippen LogP) is 5.78. The first-order valence-electron chi connectivity index (χ1n) is 8.26. The van der Waals surface area contributed by atoms with Crippen molar-refractivity contribution in [1.82, 2.24) is 0 Å². The van der Waals surface area contributed by atoms with Gasteiger partial charge in [-0.2, -0.15) is 0 Å². The van der Waals surface area contributed by atoms with Gasteiger partial charge in [-0.3, -0.25) is 4.52 Å². The quantitative estimate of drug-likeness (QED) is 0.284. The van der Waals surface area contributed by atoms with Crippen LogP contribution >= 0.6 is 8.60 Å². The Morgan fingerprint density at radius 3 is 2.32 bits per heavy atom. The number of hydrogen-bond acceptors (Lipinski definition) is 3. The SMILES string of the molecule is C=CCOP(O)Oc1ccc(CCCCCCCCC)cc1. The molecule has 1 aromatic rings. The lowest BCUT2D eigenvalue weighted by atomic mass is 10.0. The molecule has 1 N–H and O–H groups in total. The van der Waals surface area contributed by atoms with E-state index in [1.165, 1.54) is 50.5 Å². The summed E-state index contributed by atoms with van der Waals surface area (Å²) in [6.45, 7) is 6.07. The monoisotopic (exact) mass is 324 g/mol. The van der Waals surface area contributed by atoms with E-state index in [4.69, 9.17) is 9.05 Å². The molecule has 0 heterocycles. The topological polar surface area (TPSA) is 38.7 Å². The van der Waals surface area contributed by atoms with Gasteiger partial charge in [-0.25, -0.2) is 0 Å². The van der Waals surface area contributed by atoms with Gasteiger partial charge < -0.3 is 9.42 Å². The second-order valence-corrected chi connectivity index (χ2v) is 6.35. The van der Waals surface area contributed by atoms with Crippen molar-refractivity contribution in [2.24, 2.45) is 0 Å². The molecule has 0 spiro atoms. The van der Waals surface area contributed by atoms with E-state index in [2.05, 4.69) is 25.6 Å². The fourth-order valence-electron chi connectivity index (χ4n) is 2.24. The molecule has 0 aliphatic heterocycles. The average molecular weight is 324 g/mol. The molecule has 1 rings (SSSR count). The van der Waals surface area contributed by atoms with Gasteiger partial charge in [0.1, 0.15) is 5.75 Å². The molecule has 0 aliphatic rings. The van der Waals surface area contributed by atoms with Crippen LogP contribution < -0.4 is 4.52 Å². The lowest BCUT2D eigenvalue weighted by Gasteiger charge is -2.10. The third-order valence-electron chi connectivity index (χ3n) is 3.48. The summed E-state index contributed by atoms with van der Waals surface area (Å²) in [5, 5.41) is 0. The highest BCUT2D eigenvalue weighted by atomic mass is 31.2. The molecule has 124 valence electrons. The highest BCUT2D eigenvalue weighted by Gasteiger charge is 2.07. The van der Waals surface area contributed by atoms with Gasteiger partial charge in [-0.1, -0.05) is 63.7 Å².